The summed E-state index contributed by atoms with van der Waals surface area (Å²) in [5.41, 5.74) is 5.30. The van der Waals surface area contributed by atoms with Crippen LogP contribution in [0.1, 0.15) is 50.6 Å². The Morgan fingerprint density at radius 1 is 0.969 bits per heavy atom. The highest BCUT2D eigenvalue weighted by molar-refractivity contribution is 6.44. The normalized spacial score (nSPS) is 14.2. The third-order valence-electron chi connectivity index (χ3n) is 5.14. The highest BCUT2D eigenvalue weighted by atomic mass is 35.5. The fraction of sp³-hybridized carbons (Fsp3) is 0.174. The number of hydrogen-bond acceptors (Lipinski definition) is 4. The molecule has 1 aliphatic carbocycles. The van der Waals surface area contributed by atoms with Gasteiger partial charge in [0.15, 0.2) is 5.76 Å². The number of hydrazone groups is 1. The molecule has 4 rings (SSSR count). The van der Waals surface area contributed by atoms with E-state index >= 15 is 0 Å². The number of benzene rings is 2. The van der Waals surface area contributed by atoms with Gasteiger partial charge in [-0.15, -0.1) is 0 Å². The predicted octanol–water partition coefficient (Wildman–Crippen LogP) is 6.27. The number of furan rings is 1. The maximum atomic E-state index is 12.9. The average molecular weight is 491 g/mol. The summed E-state index contributed by atoms with van der Waals surface area (Å²) in [6.45, 7) is 1.79. The molecule has 1 heterocycles. The molecule has 32 heavy (non-hydrogen) atoms. The zero-order valence-electron chi connectivity index (χ0n) is 17.0. The Morgan fingerprint density at radius 3 is 2.50 bits per heavy atom. The van der Waals surface area contributed by atoms with E-state index in [0.717, 1.165) is 12.0 Å². The first-order chi connectivity index (χ1) is 15.4. The number of anilines is 1. The summed E-state index contributed by atoms with van der Waals surface area (Å²) >= 11 is 18.3. The molecule has 0 radical (unpaired) electrons. The molecule has 2 amide bonds. The Balaban J connectivity index is 1.59. The number of rotatable bonds is 4. The van der Waals surface area contributed by atoms with Crippen molar-refractivity contribution < 1.29 is 14.0 Å². The average Bonchev–Trinajstić information content (AvgIpc) is 3.13. The van der Waals surface area contributed by atoms with E-state index in [2.05, 4.69) is 15.8 Å². The van der Waals surface area contributed by atoms with E-state index in [9.17, 15) is 9.59 Å². The maximum absolute atomic E-state index is 12.9. The molecule has 0 saturated heterocycles. The third-order valence-corrected chi connectivity index (χ3v) is 6.29. The molecule has 3 aromatic rings. The highest BCUT2D eigenvalue weighted by Gasteiger charge is 2.28. The number of fused-ring (bicyclic) bond motifs is 1. The molecular weight excluding hydrogens is 473 g/mol. The first-order valence-corrected chi connectivity index (χ1v) is 11.0. The van der Waals surface area contributed by atoms with Gasteiger partial charge in [0.25, 0.3) is 11.8 Å². The topological polar surface area (TPSA) is 83.7 Å². The van der Waals surface area contributed by atoms with Crippen LogP contribution in [0.3, 0.4) is 0 Å². The van der Waals surface area contributed by atoms with Crippen molar-refractivity contribution >= 4 is 58.0 Å². The number of nitrogens with one attached hydrogen (secondary N) is 2. The molecular formula is C23H18Cl3N3O3. The first-order valence-electron chi connectivity index (χ1n) is 9.86. The van der Waals surface area contributed by atoms with E-state index in [0.29, 0.717) is 51.2 Å². The standard InChI is InChI=1S/C23H18Cl3N3O3/c1-12-19-16(28-29-22(30)13-6-2-3-7-14(13)24)9-5-11-18(19)32-21(12)23(31)27-17-10-4-8-15(25)20(17)26/h2-4,6-8,10H,5,9,11H2,1H3,(H,27,31)(H,29,30)/b28-16+. The summed E-state index contributed by atoms with van der Waals surface area (Å²) in [6, 6.07) is 11.7. The molecule has 0 aliphatic heterocycles. The smallest absolute Gasteiger partial charge is 0.291 e. The van der Waals surface area contributed by atoms with Gasteiger partial charge < -0.3 is 9.73 Å². The Kier molecular flexibility index (Phi) is 6.55. The Bertz CT molecular complexity index is 1250. The number of amides is 2. The molecule has 9 heteroatoms. The summed E-state index contributed by atoms with van der Waals surface area (Å²) in [7, 11) is 0. The Morgan fingerprint density at radius 2 is 1.72 bits per heavy atom. The summed E-state index contributed by atoms with van der Waals surface area (Å²) in [5, 5.41) is 7.98. The second-order valence-electron chi connectivity index (χ2n) is 7.24. The van der Waals surface area contributed by atoms with E-state index in [1.54, 1.807) is 49.4 Å². The molecule has 2 N–H and O–H groups in total. The molecule has 0 fully saturated rings. The Labute approximate surface area is 199 Å². The fourth-order valence-corrected chi connectivity index (χ4v) is 4.17. The number of aryl methyl sites for hydroxylation is 1. The quantitative estimate of drug-likeness (QED) is 0.423. The van der Waals surface area contributed by atoms with Crippen molar-refractivity contribution in [3.8, 4) is 0 Å². The zero-order valence-corrected chi connectivity index (χ0v) is 19.2. The lowest BCUT2D eigenvalue weighted by atomic mass is 9.93. The van der Waals surface area contributed by atoms with Gasteiger partial charge >= 0.3 is 0 Å². The van der Waals surface area contributed by atoms with Gasteiger partial charge in [-0.2, -0.15) is 5.10 Å². The van der Waals surface area contributed by atoms with Crippen molar-refractivity contribution in [1.29, 1.82) is 0 Å². The van der Waals surface area contributed by atoms with Crippen molar-refractivity contribution in [3.63, 3.8) is 0 Å². The van der Waals surface area contributed by atoms with E-state index in [4.69, 9.17) is 39.2 Å². The van der Waals surface area contributed by atoms with Crippen LogP contribution in [0.2, 0.25) is 15.1 Å². The van der Waals surface area contributed by atoms with Crippen LogP contribution in [-0.2, 0) is 6.42 Å². The minimum Gasteiger partial charge on any atom is -0.455 e. The van der Waals surface area contributed by atoms with Gasteiger partial charge in [-0.3, -0.25) is 9.59 Å². The van der Waals surface area contributed by atoms with Crippen LogP contribution < -0.4 is 10.7 Å². The molecule has 0 unspecified atom stereocenters. The number of carbonyl (C=O) groups excluding carboxylic acids is 2. The van der Waals surface area contributed by atoms with E-state index in [1.807, 2.05) is 0 Å². The number of hydrogen-bond donors (Lipinski definition) is 2. The second kappa shape index (κ2) is 9.36. The lowest BCUT2D eigenvalue weighted by Crippen LogP contribution is -2.22. The van der Waals surface area contributed by atoms with Crippen LogP contribution in [0.25, 0.3) is 0 Å². The van der Waals surface area contributed by atoms with Gasteiger partial charge in [0.2, 0.25) is 0 Å². The molecule has 0 bridgehead atoms. The van der Waals surface area contributed by atoms with Crippen molar-refractivity contribution in [2.75, 3.05) is 5.32 Å². The molecule has 0 saturated carbocycles. The van der Waals surface area contributed by atoms with Gasteiger partial charge in [-0.1, -0.05) is 53.0 Å². The lowest BCUT2D eigenvalue weighted by Gasteiger charge is -2.13. The van der Waals surface area contributed by atoms with Crippen LogP contribution >= 0.6 is 34.8 Å². The SMILES string of the molecule is Cc1c(C(=O)Nc2cccc(Cl)c2Cl)oc2c1/C(=N/NC(=O)c1ccccc1Cl)CCC2. The summed E-state index contributed by atoms with van der Waals surface area (Å²) < 4.78 is 5.88. The molecule has 1 aliphatic rings. The summed E-state index contributed by atoms with van der Waals surface area (Å²) in [6.07, 6.45) is 2.08. The van der Waals surface area contributed by atoms with E-state index < -0.39 is 11.8 Å². The molecule has 1 aromatic heterocycles. The van der Waals surface area contributed by atoms with Crippen LogP contribution in [0.4, 0.5) is 5.69 Å². The van der Waals surface area contributed by atoms with E-state index in [1.165, 1.54) is 0 Å². The third kappa shape index (κ3) is 4.39. The summed E-state index contributed by atoms with van der Waals surface area (Å²) in [4.78, 5) is 25.3. The highest BCUT2D eigenvalue weighted by Crippen LogP contribution is 2.33. The van der Waals surface area contributed by atoms with Crippen LogP contribution in [0.15, 0.2) is 52.0 Å². The van der Waals surface area contributed by atoms with Crippen molar-refractivity contribution in [1.82, 2.24) is 5.43 Å². The van der Waals surface area contributed by atoms with Gasteiger partial charge in [0, 0.05) is 17.5 Å². The van der Waals surface area contributed by atoms with Gasteiger partial charge in [-0.05, 0) is 44.0 Å². The summed E-state index contributed by atoms with van der Waals surface area (Å²) in [5.74, 6) is -0.0367. The molecule has 164 valence electrons. The van der Waals surface area contributed by atoms with Crippen LogP contribution in [0, 0.1) is 6.92 Å². The fourth-order valence-electron chi connectivity index (χ4n) is 3.60. The minimum atomic E-state index is -0.444. The van der Waals surface area contributed by atoms with Gasteiger partial charge in [0.05, 0.1) is 32.0 Å². The van der Waals surface area contributed by atoms with Crippen LogP contribution in [-0.4, -0.2) is 17.5 Å². The number of carbonyl (C=O) groups is 2. The van der Waals surface area contributed by atoms with Crippen molar-refractivity contribution in [2.45, 2.75) is 26.2 Å². The van der Waals surface area contributed by atoms with Crippen LogP contribution in [0.5, 0.6) is 0 Å². The molecule has 2 aromatic carbocycles. The monoisotopic (exact) mass is 489 g/mol. The predicted molar refractivity (Wildman–Crippen MR) is 126 cm³/mol. The van der Waals surface area contributed by atoms with Gasteiger partial charge in [-0.25, -0.2) is 5.43 Å². The first kappa shape index (κ1) is 22.4. The van der Waals surface area contributed by atoms with E-state index in [-0.39, 0.29) is 10.8 Å². The second-order valence-corrected chi connectivity index (χ2v) is 8.44. The molecule has 0 spiro atoms. The van der Waals surface area contributed by atoms with Crippen molar-refractivity contribution in [2.24, 2.45) is 5.10 Å². The zero-order chi connectivity index (χ0) is 22.8. The minimum absolute atomic E-state index is 0.165. The largest absolute Gasteiger partial charge is 0.455 e. The van der Waals surface area contributed by atoms with Gasteiger partial charge in [0.1, 0.15) is 5.76 Å². The number of halogens is 3. The molecule has 6 nitrogen and oxygen atoms in total. The van der Waals surface area contributed by atoms with Crippen molar-refractivity contribution in [3.05, 3.63) is 85.7 Å². The Hall–Kier alpha value is -2.80. The number of nitrogens with zero attached hydrogens (tertiary/aromatic N) is 1. The molecule has 0 atom stereocenters. The lowest BCUT2D eigenvalue weighted by molar-refractivity contribution is 0.0953. The maximum Gasteiger partial charge on any atom is 0.291 e.